The van der Waals surface area contributed by atoms with E-state index in [4.69, 9.17) is 5.11 Å². The number of halogens is 1. The molecule has 0 saturated carbocycles. The van der Waals surface area contributed by atoms with Crippen molar-refractivity contribution in [2.75, 3.05) is 0 Å². The lowest BCUT2D eigenvalue weighted by atomic mass is 9.84. The molecule has 0 amide bonds. The van der Waals surface area contributed by atoms with Gasteiger partial charge in [0.05, 0.1) is 0 Å². The second-order valence-electron chi connectivity index (χ2n) is 4.11. The van der Waals surface area contributed by atoms with E-state index in [9.17, 15) is 4.39 Å². The summed E-state index contributed by atoms with van der Waals surface area (Å²) in [5, 5.41) is 8.91. The van der Waals surface area contributed by atoms with Crippen LogP contribution in [0.4, 0.5) is 4.39 Å². The minimum atomic E-state index is -0.326. The van der Waals surface area contributed by atoms with Gasteiger partial charge >= 0.3 is 0 Å². The molecule has 1 radical (unpaired) electrons. The Balaban J connectivity index is 3.22. The van der Waals surface area contributed by atoms with Crippen molar-refractivity contribution in [3.8, 4) is 0 Å². The first-order chi connectivity index (χ1) is 5.95. The summed E-state index contributed by atoms with van der Waals surface area (Å²) in [5.41, 5.74) is 1.41. The molecule has 1 aromatic carbocycles. The molecule has 0 aromatic heterocycles. The van der Waals surface area contributed by atoms with Crippen molar-refractivity contribution < 1.29 is 9.50 Å². The third-order valence-corrected chi connectivity index (χ3v) is 1.96. The fourth-order valence-electron chi connectivity index (χ4n) is 1.32. The molecule has 71 valence electrons. The lowest BCUT2D eigenvalue weighted by molar-refractivity contribution is 0.409. The van der Waals surface area contributed by atoms with Gasteiger partial charge in [-0.3, -0.25) is 0 Å². The van der Waals surface area contributed by atoms with Gasteiger partial charge in [-0.25, -0.2) is 4.39 Å². The van der Waals surface area contributed by atoms with Crippen LogP contribution in [0.5, 0.6) is 0 Å². The van der Waals surface area contributed by atoms with Gasteiger partial charge in [0.25, 0.3) is 0 Å². The molecular weight excluding hydrogens is 167 g/mol. The van der Waals surface area contributed by atoms with Crippen LogP contribution < -0.4 is 0 Å². The predicted molar refractivity (Wildman–Crippen MR) is 50.4 cm³/mol. The Morgan fingerprint density at radius 2 is 1.92 bits per heavy atom. The fraction of sp³-hybridized carbons (Fsp3) is 0.364. The van der Waals surface area contributed by atoms with Crippen LogP contribution in [0, 0.1) is 12.4 Å². The van der Waals surface area contributed by atoms with E-state index in [1.807, 2.05) is 20.8 Å². The third kappa shape index (κ3) is 2.28. The van der Waals surface area contributed by atoms with E-state index in [1.54, 1.807) is 6.07 Å². The van der Waals surface area contributed by atoms with Gasteiger partial charge < -0.3 is 5.11 Å². The summed E-state index contributed by atoms with van der Waals surface area (Å²) in [6.45, 7) is 7.01. The first kappa shape index (κ1) is 10.2. The second-order valence-corrected chi connectivity index (χ2v) is 4.11. The fourth-order valence-corrected chi connectivity index (χ4v) is 1.32. The van der Waals surface area contributed by atoms with Gasteiger partial charge in [-0.2, -0.15) is 0 Å². The standard InChI is InChI=1S/C11H14FO/c1-11(2,3)10-5-4-9(12)6-8(10)7-13/h4-7,13H,1-3H3. The first-order valence-electron chi connectivity index (χ1n) is 4.22. The Bertz CT molecular complexity index is 299. The van der Waals surface area contributed by atoms with Crippen LogP contribution >= 0.6 is 0 Å². The topological polar surface area (TPSA) is 20.2 Å². The van der Waals surface area contributed by atoms with Crippen molar-refractivity contribution in [3.05, 3.63) is 41.8 Å². The maximum atomic E-state index is 12.8. The summed E-state index contributed by atoms with van der Waals surface area (Å²) in [6, 6.07) is 4.45. The average molecular weight is 181 g/mol. The number of hydrogen-bond donors (Lipinski definition) is 1. The highest BCUT2D eigenvalue weighted by Crippen LogP contribution is 2.26. The molecule has 0 spiro atoms. The van der Waals surface area contributed by atoms with Gasteiger partial charge in [-0.05, 0) is 28.7 Å². The monoisotopic (exact) mass is 181 g/mol. The quantitative estimate of drug-likeness (QED) is 0.706. The highest BCUT2D eigenvalue weighted by atomic mass is 19.1. The van der Waals surface area contributed by atoms with Crippen molar-refractivity contribution in [3.63, 3.8) is 0 Å². The SMILES string of the molecule is CC(C)(C)c1ccc(F)cc1[CH]O. The summed E-state index contributed by atoms with van der Waals surface area (Å²) in [7, 11) is 0. The molecule has 0 heterocycles. The predicted octanol–water partition coefficient (Wildman–Crippen LogP) is 3.01. The van der Waals surface area contributed by atoms with Crippen molar-refractivity contribution >= 4 is 0 Å². The smallest absolute Gasteiger partial charge is 0.123 e. The summed E-state index contributed by atoms with van der Waals surface area (Å²) < 4.78 is 12.8. The molecule has 1 aromatic rings. The molecule has 0 atom stereocenters. The molecular formula is C11H14FO. The molecule has 0 fully saturated rings. The van der Waals surface area contributed by atoms with Gasteiger partial charge in [-0.1, -0.05) is 26.8 Å². The molecule has 0 unspecified atom stereocenters. The lowest BCUT2D eigenvalue weighted by Gasteiger charge is -2.21. The molecule has 0 bridgehead atoms. The highest BCUT2D eigenvalue weighted by Gasteiger charge is 2.17. The van der Waals surface area contributed by atoms with E-state index in [1.165, 1.54) is 12.1 Å². The normalized spacial score (nSPS) is 11.8. The zero-order valence-electron chi connectivity index (χ0n) is 8.13. The summed E-state index contributed by atoms with van der Waals surface area (Å²) in [4.78, 5) is 0. The average Bonchev–Trinajstić information content (AvgIpc) is 2.01. The zero-order chi connectivity index (χ0) is 10.1. The number of benzene rings is 1. The van der Waals surface area contributed by atoms with Gasteiger partial charge in [0.15, 0.2) is 0 Å². The van der Waals surface area contributed by atoms with Crippen molar-refractivity contribution in [1.29, 1.82) is 0 Å². The Morgan fingerprint density at radius 1 is 1.31 bits per heavy atom. The number of rotatable bonds is 1. The Kier molecular flexibility index (Phi) is 2.71. The van der Waals surface area contributed by atoms with Crippen molar-refractivity contribution in [1.82, 2.24) is 0 Å². The van der Waals surface area contributed by atoms with E-state index in [-0.39, 0.29) is 11.2 Å². The lowest BCUT2D eigenvalue weighted by Crippen LogP contribution is -2.14. The molecule has 0 aliphatic carbocycles. The van der Waals surface area contributed by atoms with Gasteiger partial charge in [-0.15, -0.1) is 0 Å². The molecule has 1 rings (SSSR count). The minimum Gasteiger partial charge on any atom is -0.385 e. The minimum absolute atomic E-state index is 0.0811. The molecule has 2 heteroatoms. The van der Waals surface area contributed by atoms with Crippen LogP contribution in [0.25, 0.3) is 0 Å². The van der Waals surface area contributed by atoms with Crippen molar-refractivity contribution in [2.45, 2.75) is 26.2 Å². The number of aliphatic hydroxyl groups excluding tert-OH is 1. The Hall–Kier alpha value is -0.890. The van der Waals surface area contributed by atoms with E-state index < -0.39 is 0 Å². The van der Waals surface area contributed by atoms with Crippen LogP contribution in [0.1, 0.15) is 31.9 Å². The number of hydrogen-bond acceptors (Lipinski definition) is 1. The van der Waals surface area contributed by atoms with Crippen LogP contribution in [-0.4, -0.2) is 5.11 Å². The molecule has 1 N–H and O–H groups in total. The summed E-state index contributed by atoms with van der Waals surface area (Å²) in [5.74, 6) is -0.326. The van der Waals surface area contributed by atoms with E-state index in [2.05, 4.69) is 0 Å². The van der Waals surface area contributed by atoms with Crippen LogP contribution in [0.2, 0.25) is 0 Å². The molecule has 13 heavy (non-hydrogen) atoms. The molecule has 0 aliphatic heterocycles. The van der Waals surface area contributed by atoms with E-state index in [0.29, 0.717) is 5.56 Å². The van der Waals surface area contributed by atoms with E-state index >= 15 is 0 Å². The van der Waals surface area contributed by atoms with Gasteiger partial charge in [0, 0.05) is 0 Å². The van der Waals surface area contributed by atoms with Crippen LogP contribution in [0.3, 0.4) is 0 Å². The van der Waals surface area contributed by atoms with E-state index in [0.717, 1.165) is 12.2 Å². The van der Waals surface area contributed by atoms with Crippen LogP contribution in [0.15, 0.2) is 18.2 Å². The highest BCUT2D eigenvalue weighted by molar-refractivity contribution is 5.36. The third-order valence-electron chi connectivity index (χ3n) is 1.96. The summed E-state index contributed by atoms with van der Waals surface area (Å²) in [6.07, 6.45) is 0. The van der Waals surface area contributed by atoms with Gasteiger partial charge in [0.2, 0.25) is 0 Å². The molecule has 0 aliphatic rings. The molecule has 1 nitrogen and oxygen atoms in total. The Labute approximate surface area is 78.2 Å². The molecule has 0 saturated heterocycles. The maximum Gasteiger partial charge on any atom is 0.123 e. The Morgan fingerprint density at radius 3 is 2.38 bits per heavy atom. The summed E-state index contributed by atoms with van der Waals surface area (Å²) >= 11 is 0. The zero-order valence-corrected chi connectivity index (χ0v) is 8.13. The maximum absolute atomic E-state index is 12.8. The largest absolute Gasteiger partial charge is 0.385 e. The van der Waals surface area contributed by atoms with Crippen molar-refractivity contribution in [2.24, 2.45) is 0 Å². The van der Waals surface area contributed by atoms with Crippen LogP contribution in [-0.2, 0) is 5.41 Å². The second kappa shape index (κ2) is 3.46. The first-order valence-corrected chi connectivity index (χ1v) is 4.22. The number of aliphatic hydroxyl groups is 1. The van der Waals surface area contributed by atoms with Gasteiger partial charge in [0.1, 0.15) is 12.4 Å².